The van der Waals surface area contributed by atoms with Gasteiger partial charge < -0.3 is 4.90 Å². The highest BCUT2D eigenvalue weighted by molar-refractivity contribution is 7.89. The third-order valence-corrected chi connectivity index (χ3v) is 8.07. The fraction of sp³-hybridized carbons (Fsp3) is 0.417. The van der Waals surface area contributed by atoms with Crippen molar-refractivity contribution >= 4 is 21.8 Å². The van der Waals surface area contributed by atoms with E-state index in [1.807, 2.05) is 35.2 Å². The molecule has 0 bridgehead atoms. The van der Waals surface area contributed by atoms with Crippen molar-refractivity contribution < 1.29 is 18.0 Å². The summed E-state index contributed by atoms with van der Waals surface area (Å²) in [5.41, 5.74) is 6.47. The van der Waals surface area contributed by atoms with Crippen LogP contribution in [0.15, 0.2) is 59.5 Å². The number of amides is 2. The van der Waals surface area contributed by atoms with E-state index in [9.17, 15) is 18.0 Å². The quantitative estimate of drug-likeness (QED) is 0.606. The van der Waals surface area contributed by atoms with Gasteiger partial charge in [-0.25, -0.2) is 13.8 Å². The molecule has 0 radical (unpaired) electrons. The van der Waals surface area contributed by atoms with Crippen molar-refractivity contribution in [2.75, 3.05) is 26.2 Å². The van der Waals surface area contributed by atoms with Gasteiger partial charge in [0.25, 0.3) is 5.91 Å². The summed E-state index contributed by atoms with van der Waals surface area (Å²) in [6, 6.07) is 14.5. The normalized spacial score (nSPS) is 18.1. The molecular weight excluding hydrogens is 440 g/mol. The standard InChI is InChI=1S/C24H30N4O4S/c29-23(20-12-9-13-21(18-20)33(31,32)28-16-7-8-17-28)26-25-22(19-10-3-1-4-11-19)24(30)27-14-5-2-6-15-27/h1,3-4,9-13,18,22,25H,2,5-8,14-17H2,(H,26,29)/t22-/m0/s1. The first-order chi connectivity index (χ1) is 16.0. The van der Waals surface area contributed by atoms with E-state index in [2.05, 4.69) is 10.9 Å². The van der Waals surface area contributed by atoms with Crippen LogP contribution in [0.4, 0.5) is 0 Å². The van der Waals surface area contributed by atoms with E-state index >= 15 is 0 Å². The fourth-order valence-corrected chi connectivity index (χ4v) is 5.88. The molecule has 33 heavy (non-hydrogen) atoms. The van der Waals surface area contributed by atoms with E-state index < -0.39 is 22.0 Å². The molecule has 0 spiro atoms. The molecule has 2 aliphatic heterocycles. The minimum Gasteiger partial charge on any atom is -0.341 e. The lowest BCUT2D eigenvalue weighted by Crippen LogP contribution is -2.48. The molecule has 2 aliphatic rings. The Bertz CT molecular complexity index is 1080. The summed E-state index contributed by atoms with van der Waals surface area (Å²) in [6.07, 6.45) is 4.74. The molecule has 2 N–H and O–H groups in total. The van der Waals surface area contributed by atoms with Crippen LogP contribution in [0.3, 0.4) is 0 Å². The smallest absolute Gasteiger partial charge is 0.265 e. The van der Waals surface area contributed by atoms with Crippen molar-refractivity contribution in [1.29, 1.82) is 0 Å². The number of carbonyl (C=O) groups is 2. The van der Waals surface area contributed by atoms with Gasteiger partial charge in [-0.3, -0.25) is 15.0 Å². The first-order valence-corrected chi connectivity index (χ1v) is 12.9. The Hall–Kier alpha value is -2.75. The Morgan fingerprint density at radius 2 is 1.48 bits per heavy atom. The minimum absolute atomic E-state index is 0.0911. The highest BCUT2D eigenvalue weighted by Crippen LogP contribution is 2.22. The molecule has 8 nitrogen and oxygen atoms in total. The molecule has 2 saturated heterocycles. The van der Waals surface area contributed by atoms with E-state index in [4.69, 9.17) is 0 Å². The van der Waals surface area contributed by atoms with Gasteiger partial charge in [0.1, 0.15) is 6.04 Å². The van der Waals surface area contributed by atoms with Gasteiger partial charge in [0.2, 0.25) is 15.9 Å². The average molecular weight is 471 g/mol. The molecule has 2 aromatic carbocycles. The maximum Gasteiger partial charge on any atom is 0.265 e. The second-order valence-electron chi connectivity index (χ2n) is 8.47. The molecule has 0 unspecified atom stereocenters. The fourth-order valence-electron chi connectivity index (χ4n) is 4.32. The second-order valence-corrected chi connectivity index (χ2v) is 10.4. The summed E-state index contributed by atoms with van der Waals surface area (Å²) in [7, 11) is -3.62. The molecule has 4 rings (SSSR count). The van der Waals surface area contributed by atoms with Gasteiger partial charge in [0.05, 0.1) is 4.90 Å². The van der Waals surface area contributed by atoms with Crippen molar-refractivity contribution in [3.05, 3.63) is 65.7 Å². The van der Waals surface area contributed by atoms with Crippen LogP contribution in [-0.2, 0) is 14.8 Å². The predicted octanol–water partition coefficient (Wildman–Crippen LogP) is 2.46. The zero-order chi connectivity index (χ0) is 23.3. The maximum absolute atomic E-state index is 13.2. The number of benzene rings is 2. The third-order valence-electron chi connectivity index (χ3n) is 6.18. The summed E-state index contributed by atoms with van der Waals surface area (Å²) in [5.74, 6) is -0.590. The number of nitrogens with one attached hydrogen (secondary N) is 2. The first kappa shape index (κ1) is 23.4. The molecule has 176 valence electrons. The molecule has 0 saturated carbocycles. The molecule has 1 atom stereocenters. The van der Waals surface area contributed by atoms with Crippen LogP contribution in [0.5, 0.6) is 0 Å². The van der Waals surface area contributed by atoms with Gasteiger partial charge in [-0.05, 0) is 55.9 Å². The van der Waals surface area contributed by atoms with Crippen LogP contribution < -0.4 is 10.9 Å². The zero-order valence-electron chi connectivity index (χ0n) is 18.6. The van der Waals surface area contributed by atoms with Crippen molar-refractivity contribution in [2.45, 2.75) is 43.0 Å². The molecule has 2 amide bonds. The van der Waals surface area contributed by atoms with Gasteiger partial charge in [0.15, 0.2) is 0 Å². The van der Waals surface area contributed by atoms with E-state index in [0.717, 1.165) is 37.7 Å². The Kier molecular flexibility index (Phi) is 7.42. The molecule has 9 heteroatoms. The first-order valence-electron chi connectivity index (χ1n) is 11.5. The highest BCUT2D eigenvalue weighted by Gasteiger charge is 2.29. The number of carbonyl (C=O) groups excluding carboxylic acids is 2. The number of hydrogen-bond acceptors (Lipinski definition) is 5. The van der Waals surface area contributed by atoms with Crippen molar-refractivity contribution in [1.82, 2.24) is 20.1 Å². The number of nitrogens with zero attached hydrogens (tertiary/aromatic N) is 2. The van der Waals surface area contributed by atoms with Gasteiger partial charge in [-0.15, -0.1) is 0 Å². The number of piperidine rings is 1. The van der Waals surface area contributed by atoms with Crippen molar-refractivity contribution in [2.24, 2.45) is 0 Å². The van der Waals surface area contributed by atoms with E-state index in [1.165, 1.54) is 16.4 Å². The highest BCUT2D eigenvalue weighted by atomic mass is 32.2. The van der Waals surface area contributed by atoms with E-state index in [0.29, 0.717) is 26.2 Å². The Morgan fingerprint density at radius 3 is 2.18 bits per heavy atom. The zero-order valence-corrected chi connectivity index (χ0v) is 19.4. The molecular formula is C24H30N4O4S. The Balaban J connectivity index is 1.49. The third kappa shape index (κ3) is 5.43. The van der Waals surface area contributed by atoms with Crippen LogP contribution in [0.1, 0.15) is 54.1 Å². The largest absolute Gasteiger partial charge is 0.341 e. The summed E-state index contributed by atoms with van der Waals surface area (Å²) < 4.78 is 27.2. The predicted molar refractivity (Wildman–Crippen MR) is 125 cm³/mol. The Morgan fingerprint density at radius 1 is 0.818 bits per heavy atom. The lowest BCUT2D eigenvalue weighted by Gasteiger charge is -2.31. The SMILES string of the molecule is O=C(NN[C@H](C(=O)N1CCCCC1)c1ccccc1)c1cccc(S(=O)(=O)N2CCCC2)c1. The van der Waals surface area contributed by atoms with Gasteiger partial charge in [-0.1, -0.05) is 36.4 Å². The number of hydrogen-bond donors (Lipinski definition) is 2. The Labute approximate surface area is 195 Å². The number of likely N-dealkylation sites (tertiary alicyclic amines) is 1. The average Bonchev–Trinajstić information content (AvgIpc) is 3.41. The van der Waals surface area contributed by atoms with Crippen LogP contribution in [0, 0.1) is 0 Å². The monoisotopic (exact) mass is 470 g/mol. The van der Waals surface area contributed by atoms with Crippen LogP contribution in [0.25, 0.3) is 0 Å². The van der Waals surface area contributed by atoms with Gasteiger partial charge >= 0.3 is 0 Å². The minimum atomic E-state index is -3.62. The summed E-state index contributed by atoms with van der Waals surface area (Å²) in [5, 5.41) is 0. The number of rotatable bonds is 7. The second kappa shape index (κ2) is 10.5. The van der Waals surface area contributed by atoms with Crippen molar-refractivity contribution in [3.63, 3.8) is 0 Å². The topological polar surface area (TPSA) is 98.8 Å². The summed E-state index contributed by atoms with van der Waals surface area (Å²) >= 11 is 0. The maximum atomic E-state index is 13.2. The van der Waals surface area contributed by atoms with Gasteiger partial charge in [0, 0.05) is 31.7 Å². The van der Waals surface area contributed by atoms with Crippen molar-refractivity contribution in [3.8, 4) is 0 Å². The number of hydrazine groups is 1. The van der Waals surface area contributed by atoms with Crippen LogP contribution >= 0.6 is 0 Å². The summed E-state index contributed by atoms with van der Waals surface area (Å²) in [6.45, 7) is 2.40. The molecule has 2 aromatic rings. The summed E-state index contributed by atoms with van der Waals surface area (Å²) in [4.78, 5) is 28.0. The van der Waals surface area contributed by atoms with E-state index in [1.54, 1.807) is 12.1 Å². The van der Waals surface area contributed by atoms with Crippen LogP contribution in [0.2, 0.25) is 0 Å². The molecule has 2 heterocycles. The lowest BCUT2D eigenvalue weighted by atomic mass is 10.0. The molecule has 0 aliphatic carbocycles. The number of sulfonamides is 1. The molecule has 0 aromatic heterocycles. The van der Waals surface area contributed by atoms with Crippen LogP contribution in [-0.4, -0.2) is 55.6 Å². The molecule has 2 fully saturated rings. The van der Waals surface area contributed by atoms with E-state index in [-0.39, 0.29) is 16.4 Å². The lowest BCUT2D eigenvalue weighted by molar-refractivity contribution is -0.134. The van der Waals surface area contributed by atoms with Gasteiger partial charge in [-0.2, -0.15) is 4.31 Å².